The summed E-state index contributed by atoms with van der Waals surface area (Å²) in [6, 6.07) is 3.79. The Bertz CT molecular complexity index is 933. The number of fused-ring (bicyclic) bond motifs is 1. The second-order valence-electron chi connectivity index (χ2n) is 4.60. The number of pyridine rings is 1. The molecule has 0 spiro atoms. The lowest BCUT2D eigenvalue weighted by Crippen LogP contribution is -2.30. The molecule has 0 unspecified atom stereocenters. The van der Waals surface area contributed by atoms with E-state index in [0.717, 1.165) is 13.2 Å². The van der Waals surface area contributed by atoms with E-state index < -0.39 is 32.8 Å². The maximum Gasteiger partial charge on any atom is 0.534 e. The number of benzene rings is 1. The van der Waals surface area contributed by atoms with Gasteiger partial charge in [0.2, 0.25) is 0 Å². The van der Waals surface area contributed by atoms with Gasteiger partial charge in [0.05, 0.1) is 17.7 Å². The Morgan fingerprint density at radius 1 is 1.36 bits per heavy atom. The molecule has 0 radical (unpaired) electrons. The summed E-state index contributed by atoms with van der Waals surface area (Å²) in [6.07, 6.45) is 1.18. The van der Waals surface area contributed by atoms with Crippen LogP contribution in [0.3, 0.4) is 0 Å². The Morgan fingerprint density at radius 3 is 2.56 bits per heavy atom. The van der Waals surface area contributed by atoms with Crippen LogP contribution in [0.1, 0.15) is 10.4 Å². The van der Waals surface area contributed by atoms with Crippen molar-refractivity contribution in [3.05, 3.63) is 35.0 Å². The van der Waals surface area contributed by atoms with E-state index in [9.17, 15) is 26.4 Å². The van der Waals surface area contributed by atoms with Gasteiger partial charge in [-0.3, -0.25) is 14.6 Å². The number of aromatic nitrogens is 1. The molecular weight excluding hydrogens is 389 g/mol. The molecule has 2 rings (SSSR count). The summed E-state index contributed by atoms with van der Waals surface area (Å²) >= 11 is 6.01. The molecule has 1 aromatic carbocycles. The monoisotopic (exact) mass is 398 g/mol. The predicted octanol–water partition coefficient (Wildman–Crippen LogP) is 2.75. The molecule has 0 aliphatic rings. The summed E-state index contributed by atoms with van der Waals surface area (Å²) in [6.45, 7) is 0. The van der Waals surface area contributed by atoms with Gasteiger partial charge >= 0.3 is 15.6 Å². The molecule has 1 amide bonds. The van der Waals surface area contributed by atoms with Crippen LogP contribution in [0, 0.1) is 0 Å². The van der Waals surface area contributed by atoms with Crippen molar-refractivity contribution in [2.45, 2.75) is 5.51 Å². The summed E-state index contributed by atoms with van der Waals surface area (Å²) < 4.78 is 65.0. The van der Waals surface area contributed by atoms with Crippen LogP contribution >= 0.6 is 11.6 Å². The summed E-state index contributed by atoms with van der Waals surface area (Å²) in [7, 11) is -3.74. The third-order valence-corrected chi connectivity index (χ3v) is 4.33. The molecule has 0 saturated carbocycles. The van der Waals surface area contributed by atoms with Crippen molar-refractivity contribution in [1.82, 2.24) is 10.0 Å². The number of hydroxylamine groups is 2. The molecule has 1 aromatic heterocycles. The Hall–Kier alpha value is -2.11. The number of hydrogen-bond acceptors (Lipinski definition) is 6. The van der Waals surface area contributed by atoms with Gasteiger partial charge in [0.25, 0.3) is 5.91 Å². The van der Waals surface area contributed by atoms with E-state index in [1.807, 2.05) is 0 Å². The van der Waals surface area contributed by atoms with E-state index in [2.05, 4.69) is 14.0 Å². The van der Waals surface area contributed by atoms with Crippen LogP contribution < -0.4 is 4.18 Å². The Labute approximate surface area is 145 Å². The highest BCUT2D eigenvalue weighted by molar-refractivity contribution is 7.88. The third kappa shape index (κ3) is 3.62. The lowest BCUT2D eigenvalue weighted by Gasteiger charge is -2.18. The molecule has 25 heavy (non-hydrogen) atoms. The van der Waals surface area contributed by atoms with Gasteiger partial charge in [0, 0.05) is 18.6 Å². The molecular formula is C13H10ClF3N2O5S. The maximum absolute atomic E-state index is 12.7. The minimum atomic E-state index is -6.04. The number of carbonyl (C=O) groups excluding carboxylic acids is 1. The summed E-state index contributed by atoms with van der Waals surface area (Å²) in [5, 5.41) is 0.730. The van der Waals surface area contributed by atoms with E-state index in [1.165, 1.54) is 25.4 Å². The molecule has 0 atom stereocenters. The second kappa shape index (κ2) is 6.65. The second-order valence-corrected chi connectivity index (χ2v) is 6.55. The fourth-order valence-corrected chi connectivity index (χ4v) is 2.57. The number of hydrogen-bond donors (Lipinski definition) is 0. The molecule has 0 aliphatic carbocycles. The summed E-state index contributed by atoms with van der Waals surface area (Å²) in [5.74, 6) is -1.88. The van der Waals surface area contributed by atoms with E-state index in [4.69, 9.17) is 11.6 Å². The van der Waals surface area contributed by atoms with Crippen molar-refractivity contribution in [2.75, 3.05) is 14.2 Å². The number of amides is 1. The predicted molar refractivity (Wildman–Crippen MR) is 81.5 cm³/mol. The van der Waals surface area contributed by atoms with Crippen molar-refractivity contribution in [3.8, 4) is 5.75 Å². The Balaban J connectivity index is 2.79. The Kier molecular flexibility index (Phi) is 5.11. The first-order valence-electron chi connectivity index (χ1n) is 6.39. The van der Waals surface area contributed by atoms with Crippen LogP contribution in [-0.4, -0.2) is 44.0 Å². The van der Waals surface area contributed by atoms with Crippen LogP contribution in [0.4, 0.5) is 13.2 Å². The van der Waals surface area contributed by atoms with Crippen LogP contribution in [0.5, 0.6) is 5.75 Å². The number of halogens is 4. The van der Waals surface area contributed by atoms with Gasteiger partial charge in [0.15, 0.2) is 5.75 Å². The molecule has 136 valence electrons. The topological polar surface area (TPSA) is 85.8 Å². The number of nitrogens with zero attached hydrogens (tertiary/aromatic N) is 2. The SMILES string of the molecule is CON(C)C(=O)c1cc(Cl)c2cccnc2c1OS(=O)(=O)C(F)(F)F. The standard InChI is InChI=1S/C13H10ClF3N2O5S/c1-19(23-2)12(20)8-6-9(14)7-4-3-5-18-10(7)11(8)24-25(21,22)13(15,16)17/h3-6H,1-2H3. The first-order chi connectivity index (χ1) is 11.5. The average molecular weight is 399 g/mol. The van der Waals surface area contributed by atoms with Crippen molar-refractivity contribution in [1.29, 1.82) is 0 Å². The molecule has 0 N–H and O–H groups in total. The molecule has 12 heteroatoms. The van der Waals surface area contributed by atoms with Gasteiger partial charge in [-0.05, 0) is 18.2 Å². The van der Waals surface area contributed by atoms with E-state index in [0.29, 0.717) is 5.06 Å². The third-order valence-electron chi connectivity index (χ3n) is 3.06. The normalized spacial score (nSPS) is 12.2. The van der Waals surface area contributed by atoms with Crippen molar-refractivity contribution in [2.24, 2.45) is 0 Å². The van der Waals surface area contributed by atoms with Gasteiger partial charge in [-0.2, -0.15) is 21.6 Å². The van der Waals surface area contributed by atoms with Crippen LogP contribution in [-0.2, 0) is 15.0 Å². The molecule has 0 aliphatic heterocycles. The highest BCUT2D eigenvalue weighted by Crippen LogP contribution is 2.37. The minimum Gasteiger partial charge on any atom is -0.373 e. The minimum absolute atomic E-state index is 0.0345. The van der Waals surface area contributed by atoms with Gasteiger partial charge in [-0.1, -0.05) is 11.6 Å². The zero-order valence-corrected chi connectivity index (χ0v) is 14.2. The lowest BCUT2D eigenvalue weighted by molar-refractivity contribution is -0.0758. The van der Waals surface area contributed by atoms with E-state index in [1.54, 1.807) is 0 Å². The van der Waals surface area contributed by atoms with E-state index >= 15 is 0 Å². The molecule has 0 bridgehead atoms. The summed E-state index contributed by atoms with van der Waals surface area (Å²) in [4.78, 5) is 20.7. The molecule has 1 heterocycles. The smallest absolute Gasteiger partial charge is 0.373 e. The molecule has 0 fully saturated rings. The Morgan fingerprint density at radius 2 is 2.00 bits per heavy atom. The zero-order valence-electron chi connectivity index (χ0n) is 12.7. The maximum atomic E-state index is 12.7. The highest BCUT2D eigenvalue weighted by Gasteiger charge is 2.49. The lowest BCUT2D eigenvalue weighted by atomic mass is 10.1. The average Bonchev–Trinajstić information content (AvgIpc) is 2.54. The van der Waals surface area contributed by atoms with Gasteiger partial charge < -0.3 is 4.18 Å². The van der Waals surface area contributed by atoms with E-state index in [-0.39, 0.29) is 15.9 Å². The fraction of sp³-hybridized carbons (Fsp3) is 0.231. The fourth-order valence-electron chi connectivity index (χ4n) is 1.83. The van der Waals surface area contributed by atoms with Crippen LogP contribution in [0.25, 0.3) is 10.9 Å². The number of carbonyl (C=O) groups is 1. The van der Waals surface area contributed by atoms with Crippen LogP contribution in [0.2, 0.25) is 5.02 Å². The quantitative estimate of drug-likeness (QED) is 0.447. The zero-order chi connectivity index (χ0) is 19.0. The van der Waals surface area contributed by atoms with Crippen molar-refractivity contribution >= 4 is 38.5 Å². The van der Waals surface area contributed by atoms with Gasteiger partial charge in [-0.25, -0.2) is 5.06 Å². The first-order valence-corrected chi connectivity index (χ1v) is 8.18. The van der Waals surface area contributed by atoms with Gasteiger partial charge in [-0.15, -0.1) is 0 Å². The van der Waals surface area contributed by atoms with Crippen LogP contribution in [0.15, 0.2) is 24.4 Å². The molecule has 7 nitrogen and oxygen atoms in total. The summed E-state index contributed by atoms with van der Waals surface area (Å²) in [5.41, 5.74) is -6.58. The molecule has 0 saturated heterocycles. The largest absolute Gasteiger partial charge is 0.534 e. The first kappa shape index (κ1) is 19.2. The molecule has 2 aromatic rings. The highest BCUT2D eigenvalue weighted by atomic mass is 35.5. The van der Waals surface area contributed by atoms with Gasteiger partial charge in [0.1, 0.15) is 5.52 Å². The number of alkyl halides is 3. The van der Waals surface area contributed by atoms with Crippen molar-refractivity contribution < 1.29 is 35.4 Å². The van der Waals surface area contributed by atoms with Crippen molar-refractivity contribution in [3.63, 3.8) is 0 Å². The number of rotatable bonds is 4.